The highest BCUT2D eigenvalue weighted by molar-refractivity contribution is 7.41. The van der Waals surface area contributed by atoms with E-state index in [-0.39, 0.29) is 0 Å². The Morgan fingerprint density at radius 1 is 1.80 bits per heavy atom. The fraction of sp³-hybridized carbons (Fsp3) is 0.500. The number of hydrogen-bond donors (Lipinski definition) is 0. The van der Waals surface area contributed by atoms with Gasteiger partial charge in [0.05, 0.1) is 0 Å². The molecule has 0 aliphatic rings. The summed E-state index contributed by atoms with van der Waals surface area (Å²) < 4.78 is 0. The second kappa shape index (κ2) is 2.41. The first-order valence-corrected chi connectivity index (χ1v) is 3.10. The predicted molar refractivity (Wildman–Crippen MR) is 29.1 cm³/mol. The van der Waals surface area contributed by atoms with E-state index in [0.717, 1.165) is 8.58 Å². The molecule has 0 fully saturated rings. The average molecular weight is 88.1 g/mol. The Kier molecular flexibility index (Phi) is 2.49. The molecular weight excluding hydrogens is 79.0 g/mol. The summed E-state index contributed by atoms with van der Waals surface area (Å²) in [5.41, 5.74) is 0. The molecule has 5 heavy (non-hydrogen) atoms. The molecule has 0 aliphatic heterocycles. The largest absolute Gasteiger partial charge is 0.0990 e. The Labute approximate surface area is 35.1 Å². The normalized spacial score (nSPS) is 10.0. The molecular formula is C4H9P. The Morgan fingerprint density at radius 3 is 2.00 bits per heavy atom. The van der Waals surface area contributed by atoms with Crippen LogP contribution in [0.5, 0.6) is 0 Å². The molecule has 1 atom stereocenters. The minimum atomic E-state index is 0.920. The van der Waals surface area contributed by atoms with E-state index in [1.54, 1.807) is 0 Å². The molecule has 0 aromatic heterocycles. The first-order valence-electron chi connectivity index (χ1n) is 1.60. The Balaban J connectivity index is 2.85. The summed E-state index contributed by atoms with van der Waals surface area (Å²) >= 11 is 0. The summed E-state index contributed by atoms with van der Waals surface area (Å²) in [6, 6.07) is 0. The van der Waals surface area contributed by atoms with Crippen molar-refractivity contribution in [1.82, 2.24) is 0 Å². The maximum atomic E-state index is 3.69. The molecule has 0 nitrogen and oxygen atoms in total. The van der Waals surface area contributed by atoms with Gasteiger partial charge in [-0.3, -0.25) is 0 Å². The fourth-order valence-corrected chi connectivity index (χ4v) is 0. The second-order valence-corrected chi connectivity index (χ2v) is 2.38. The van der Waals surface area contributed by atoms with E-state index in [2.05, 4.69) is 13.2 Å². The summed E-state index contributed by atoms with van der Waals surface area (Å²) in [6.07, 6.45) is 0. The zero-order valence-corrected chi connectivity index (χ0v) is 4.71. The summed E-state index contributed by atoms with van der Waals surface area (Å²) in [5, 5.41) is 1.28. The lowest BCUT2D eigenvalue weighted by atomic mass is 10.8. The van der Waals surface area contributed by atoms with E-state index in [1.165, 1.54) is 5.31 Å². The Hall–Kier alpha value is 0.170. The summed E-state index contributed by atoms with van der Waals surface area (Å²) in [6.45, 7) is 7.85. The van der Waals surface area contributed by atoms with Gasteiger partial charge in [0.25, 0.3) is 0 Å². The third kappa shape index (κ3) is 4.17. The molecule has 0 rings (SSSR count). The van der Waals surface area contributed by atoms with E-state index >= 15 is 0 Å². The van der Waals surface area contributed by atoms with Crippen molar-refractivity contribution in [1.29, 1.82) is 0 Å². The van der Waals surface area contributed by atoms with Gasteiger partial charge in [0.15, 0.2) is 0 Å². The molecule has 30 valence electrons. The minimum Gasteiger partial charge on any atom is -0.0990 e. The monoisotopic (exact) mass is 88.0 g/mol. The first kappa shape index (κ1) is 5.17. The first-order chi connectivity index (χ1) is 2.27. The number of allylic oxidation sites excluding steroid dienone is 1. The predicted octanol–water partition coefficient (Wildman–Crippen LogP) is 1.83. The highest BCUT2D eigenvalue weighted by Crippen LogP contribution is 2.12. The van der Waals surface area contributed by atoms with Crippen molar-refractivity contribution < 1.29 is 0 Å². The Morgan fingerprint density at radius 2 is 2.00 bits per heavy atom. The lowest BCUT2D eigenvalue weighted by molar-refractivity contribution is 1.72. The highest BCUT2D eigenvalue weighted by atomic mass is 31.1. The maximum Gasteiger partial charge on any atom is -0.0402 e. The molecule has 0 aromatic rings. The third-order valence-electron chi connectivity index (χ3n) is 0.427. The van der Waals surface area contributed by atoms with E-state index in [0.29, 0.717) is 0 Å². The summed E-state index contributed by atoms with van der Waals surface area (Å²) in [5.74, 6) is 0. The summed E-state index contributed by atoms with van der Waals surface area (Å²) in [4.78, 5) is 0. The van der Waals surface area contributed by atoms with Gasteiger partial charge in [-0.15, -0.1) is 0 Å². The van der Waals surface area contributed by atoms with Crippen LogP contribution in [0.1, 0.15) is 6.92 Å². The van der Waals surface area contributed by atoms with Crippen LogP contribution >= 0.6 is 8.58 Å². The number of rotatable bonds is 1. The van der Waals surface area contributed by atoms with Crippen LogP contribution in [-0.2, 0) is 0 Å². The van der Waals surface area contributed by atoms with Gasteiger partial charge in [0.2, 0.25) is 0 Å². The van der Waals surface area contributed by atoms with Gasteiger partial charge in [-0.1, -0.05) is 20.5 Å². The molecule has 0 aromatic carbocycles. The van der Waals surface area contributed by atoms with E-state index in [9.17, 15) is 0 Å². The highest BCUT2D eigenvalue weighted by Gasteiger charge is 1.66. The van der Waals surface area contributed by atoms with Crippen molar-refractivity contribution >= 4 is 8.58 Å². The minimum absolute atomic E-state index is 0.920. The molecule has 0 heterocycles. The molecule has 0 saturated carbocycles. The van der Waals surface area contributed by atoms with Crippen LogP contribution in [0.4, 0.5) is 0 Å². The quantitative estimate of drug-likeness (QED) is 0.429. The van der Waals surface area contributed by atoms with Gasteiger partial charge in [-0.05, 0) is 13.6 Å². The molecule has 0 aliphatic carbocycles. The summed E-state index contributed by atoms with van der Waals surface area (Å²) in [7, 11) is 0.920. The third-order valence-corrected chi connectivity index (χ3v) is 1.28. The van der Waals surface area contributed by atoms with E-state index < -0.39 is 0 Å². The van der Waals surface area contributed by atoms with Crippen molar-refractivity contribution in [3.05, 3.63) is 11.9 Å². The zero-order chi connectivity index (χ0) is 4.28. The van der Waals surface area contributed by atoms with Crippen molar-refractivity contribution in [2.75, 3.05) is 6.66 Å². The molecule has 0 spiro atoms. The smallest absolute Gasteiger partial charge is 0.0402 e. The SMILES string of the molecule is C=C(C)PC. The molecule has 0 saturated heterocycles. The second-order valence-electron chi connectivity index (χ2n) is 1.03. The Bertz CT molecular complexity index is 38.9. The maximum absolute atomic E-state index is 3.69. The topological polar surface area (TPSA) is 0 Å². The van der Waals surface area contributed by atoms with Crippen LogP contribution in [-0.4, -0.2) is 6.66 Å². The molecule has 0 radical (unpaired) electrons. The zero-order valence-electron chi connectivity index (χ0n) is 3.71. The van der Waals surface area contributed by atoms with Crippen molar-refractivity contribution in [3.63, 3.8) is 0 Å². The fourth-order valence-electron chi connectivity index (χ4n) is 0. The van der Waals surface area contributed by atoms with Gasteiger partial charge in [0, 0.05) is 0 Å². The van der Waals surface area contributed by atoms with Crippen LogP contribution in [0.3, 0.4) is 0 Å². The van der Waals surface area contributed by atoms with E-state index in [1.807, 2.05) is 6.92 Å². The van der Waals surface area contributed by atoms with Gasteiger partial charge in [-0.25, -0.2) is 0 Å². The van der Waals surface area contributed by atoms with Crippen LogP contribution < -0.4 is 0 Å². The molecule has 1 unspecified atom stereocenters. The van der Waals surface area contributed by atoms with Gasteiger partial charge < -0.3 is 0 Å². The molecule has 0 N–H and O–H groups in total. The van der Waals surface area contributed by atoms with Gasteiger partial charge >= 0.3 is 0 Å². The lowest BCUT2D eigenvalue weighted by Gasteiger charge is -1.80. The standard InChI is InChI=1S/C4H9P/c1-4(2)5-3/h5H,1H2,2-3H3. The van der Waals surface area contributed by atoms with Gasteiger partial charge in [0.1, 0.15) is 0 Å². The average Bonchev–Trinajstić information content (AvgIpc) is 1.38. The molecule has 0 amide bonds. The van der Waals surface area contributed by atoms with Crippen molar-refractivity contribution in [3.8, 4) is 0 Å². The van der Waals surface area contributed by atoms with Crippen molar-refractivity contribution in [2.24, 2.45) is 0 Å². The molecule has 1 heteroatoms. The lowest BCUT2D eigenvalue weighted by Crippen LogP contribution is -1.45. The number of hydrogen-bond acceptors (Lipinski definition) is 0. The van der Waals surface area contributed by atoms with Crippen molar-refractivity contribution in [2.45, 2.75) is 6.92 Å². The van der Waals surface area contributed by atoms with Crippen LogP contribution in [0, 0.1) is 0 Å². The van der Waals surface area contributed by atoms with Gasteiger partial charge in [-0.2, -0.15) is 0 Å². The molecule has 0 bridgehead atoms. The van der Waals surface area contributed by atoms with Crippen LogP contribution in [0.15, 0.2) is 11.9 Å². The van der Waals surface area contributed by atoms with Crippen LogP contribution in [0.2, 0.25) is 0 Å². The van der Waals surface area contributed by atoms with E-state index in [4.69, 9.17) is 0 Å². The van der Waals surface area contributed by atoms with Crippen LogP contribution in [0.25, 0.3) is 0 Å².